The average Bonchev–Trinajstić information content (AvgIpc) is 2.64. The van der Waals surface area contributed by atoms with E-state index in [1.165, 1.54) is 0 Å². The second-order valence-electron chi connectivity index (χ2n) is 4.02. The van der Waals surface area contributed by atoms with E-state index in [4.69, 9.17) is 10.5 Å². The van der Waals surface area contributed by atoms with Crippen molar-refractivity contribution in [3.8, 4) is 0 Å². The van der Waals surface area contributed by atoms with Crippen molar-refractivity contribution in [3.63, 3.8) is 0 Å². The number of benzene rings is 1. The molecule has 0 bridgehead atoms. The molecule has 1 saturated heterocycles. The van der Waals surface area contributed by atoms with E-state index < -0.39 is 6.04 Å². The molecule has 1 fully saturated rings. The normalized spacial score (nSPS) is 18.9. The number of esters is 1. The highest BCUT2D eigenvalue weighted by Crippen LogP contribution is 2.17. The fourth-order valence-corrected chi connectivity index (χ4v) is 1.86. The number of aryl methyl sites for hydroxylation is 1. The predicted octanol–water partition coefficient (Wildman–Crippen LogP) is 0.623. The third-order valence-corrected chi connectivity index (χ3v) is 2.77. The van der Waals surface area contributed by atoms with Crippen LogP contribution in [0.2, 0.25) is 0 Å². The predicted molar refractivity (Wildman–Crippen MR) is 62.4 cm³/mol. The molecule has 0 saturated carbocycles. The first-order valence-electron chi connectivity index (χ1n) is 5.42. The molecular weight excluding hydrogens is 220 g/mol. The lowest BCUT2D eigenvalue weighted by Crippen LogP contribution is -2.38. The van der Waals surface area contributed by atoms with E-state index >= 15 is 0 Å². The summed E-state index contributed by atoms with van der Waals surface area (Å²) in [5.41, 5.74) is 7.37. The van der Waals surface area contributed by atoms with Crippen LogP contribution in [0.25, 0.3) is 0 Å². The molecule has 1 amide bonds. The zero-order valence-electron chi connectivity index (χ0n) is 9.53. The number of hydrogen-bond acceptors (Lipinski definition) is 4. The molecule has 3 N–H and O–H groups in total. The summed E-state index contributed by atoms with van der Waals surface area (Å²) >= 11 is 0. The summed E-state index contributed by atoms with van der Waals surface area (Å²) in [5.74, 6) is -0.713. The minimum atomic E-state index is -0.554. The smallest absolute Gasteiger partial charge is 0.328 e. The molecule has 1 heterocycles. The molecule has 1 aliphatic heterocycles. The number of ether oxygens (including phenoxy) is 1. The summed E-state index contributed by atoms with van der Waals surface area (Å²) in [4.78, 5) is 23.2. The Kier molecular flexibility index (Phi) is 2.99. The molecule has 1 atom stereocenters. The number of carbonyl (C=O) groups excluding carboxylic acids is 2. The van der Waals surface area contributed by atoms with Gasteiger partial charge in [-0.05, 0) is 18.6 Å². The summed E-state index contributed by atoms with van der Waals surface area (Å²) in [5, 5.41) is 2.63. The van der Waals surface area contributed by atoms with Crippen LogP contribution in [0.15, 0.2) is 18.2 Å². The number of amides is 1. The first kappa shape index (κ1) is 11.4. The van der Waals surface area contributed by atoms with Gasteiger partial charge in [-0.3, -0.25) is 4.79 Å². The van der Waals surface area contributed by atoms with E-state index in [0.29, 0.717) is 24.3 Å². The number of carbonyl (C=O) groups is 2. The highest BCUT2D eigenvalue weighted by atomic mass is 16.5. The van der Waals surface area contributed by atoms with Crippen molar-refractivity contribution in [2.45, 2.75) is 19.4 Å². The van der Waals surface area contributed by atoms with Crippen molar-refractivity contribution < 1.29 is 14.3 Å². The highest BCUT2D eigenvalue weighted by Gasteiger charge is 2.28. The van der Waals surface area contributed by atoms with E-state index in [-0.39, 0.29) is 11.9 Å². The van der Waals surface area contributed by atoms with Crippen molar-refractivity contribution in [1.82, 2.24) is 5.32 Å². The molecule has 1 aromatic rings. The number of rotatable bonds is 2. The van der Waals surface area contributed by atoms with Crippen LogP contribution in [0, 0.1) is 6.92 Å². The van der Waals surface area contributed by atoms with E-state index in [1.807, 2.05) is 0 Å². The van der Waals surface area contributed by atoms with Crippen LogP contribution in [0.1, 0.15) is 22.3 Å². The zero-order chi connectivity index (χ0) is 12.4. The molecule has 0 spiro atoms. The lowest BCUT2D eigenvalue weighted by atomic mass is 10.1. The number of anilines is 1. The van der Waals surface area contributed by atoms with E-state index in [0.717, 1.165) is 5.56 Å². The number of cyclic esters (lactones) is 1. The Balaban J connectivity index is 2.17. The van der Waals surface area contributed by atoms with Crippen LogP contribution in [0.5, 0.6) is 0 Å². The van der Waals surface area contributed by atoms with Gasteiger partial charge in [-0.1, -0.05) is 12.1 Å². The molecule has 0 aliphatic carbocycles. The summed E-state index contributed by atoms with van der Waals surface area (Å²) < 4.78 is 4.78. The molecule has 1 aliphatic rings. The lowest BCUT2D eigenvalue weighted by molar-refractivity contribution is -0.139. The topological polar surface area (TPSA) is 81.4 Å². The van der Waals surface area contributed by atoms with Gasteiger partial charge in [-0.15, -0.1) is 0 Å². The van der Waals surface area contributed by atoms with Crippen molar-refractivity contribution in [1.29, 1.82) is 0 Å². The van der Waals surface area contributed by atoms with Gasteiger partial charge in [-0.25, -0.2) is 4.79 Å². The van der Waals surface area contributed by atoms with Crippen molar-refractivity contribution >= 4 is 17.6 Å². The number of nitrogens with two attached hydrogens (primary N) is 1. The Morgan fingerprint density at radius 1 is 1.53 bits per heavy atom. The summed E-state index contributed by atoms with van der Waals surface area (Å²) in [6.07, 6.45) is 0.510. The first-order chi connectivity index (χ1) is 8.09. The summed E-state index contributed by atoms with van der Waals surface area (Å²) in [7, 11) is 0. The fourth-order valence-electron chi connectivity index (χ4n) is 1.86. The van der Waals surface area contributed by atoms with Crippen LogP contribution in [-0.4, -0.2) is 24.5 Å². The van der Waals surface area contributed by atoms with E-state index in [2.05, 4.69) is 5.32 Å². The standard InChI is InChI=1S/C12H14N2O3/c1-7-3-2-4-8(13)10(7)11(15)14-9-5-6-17-12(9)16/h2-4,9H,5-6,13H2,1H3,(H,14,15). The Morgan fingerprint density at radius 3 is 2.88 bits per heavy atom. The number of hydrogen-bond donors (Lipinski definition) is 2. The van der Waals surface area contributed by atoms with Gasteiger partial charge in [0.15, 0.2) is 0 Å². The molecule has 5 heteroatoms. The monoisotopic (exact) mass is 234 g/mol. The summed E-state index contributed by atoms with van der Waals surface area (Å²) in [6, 6.07) is 4.69. The van der Waals surface area contributed by atoms with Gasteiger partial charge in [0.2, 0.25) is 0 Å². The Hall–Kier alpha value is -2.04. The van der Waals surface area contributed by atoms with Gasteiger partial charge in [-0.2, -0.15) is 0 Å². The maximum atomic E-state index is 12.0. The molecule has 1 aromatic carbocycles. The number of nitrogens with one attached hydrogen (secondary N) is 1. The van der Waals surface area contributed by atoms with E-state index in [9.17, 15) is 9.59 Å². The third-order valence-electron chi connectivity index (χ3n) is 2.77. The molecule has 17 heavy (non-hydrogen) atoms. The molecular formula is C12H14N2O3. The molecule has 0 radical (unpaired) electrons. The highest BCUT2D eigenvalue weighted by molar-refractivity contribution is 6.02. The minimum Gasteiger partial charge on any atom is -0.464 e. The van der Waals surface area contributed by atoms with Crippen LogP contribution >= 0.6 is 0 Å². The molecule has 0 aromatic heterocycles. The second kappa shape index (κ2) is 4.45. The van der Waals surface area contributed by atoms with Gasteiger partial charge < -0.3 is 15.8 Å². The van der Waals surface area contributed by atoms with Crippen LogP contribution in [0.3, 0.4) is 0 Å². The van der Waals surface area contributed by atoms with Gasteiger partial charge in [0.1, 0.15) is 6.04 Å². The van der Waals surface area contributed by atoms with Crippen molar-refractivity contribution in [3.05, 3.63) is 29.3 Å². The minimum absolute atomic E-state index is 0.329. The Bertz CT molecular complexity index is 451. The molecule has 90 valence electrons. The van der Waals surface area contributed by atoms with Crippen LogP contribution in [0.4, 0.5) is 5.69 Å². The Morgan fingerprint density at radius 2 is 2.29 bits per heavy atom. The molecule has 1 unspecified atom stereocenters. The van der Waals surface area contributed by atoms with Gasteiger partial charge in [0.05, 0.1) is 12.2 Å². The first-order valence-corrected chi connectivity index (χ1v) is 5.42. The maximum Gasteiger partial charge on any atom is 0.328 e. The van der Waals surface area contributed by atoms with Gasteiger partial charge in [0, 0.05) is 12.1 Å². The SMILES string of the molecule is Cc1cccc(N)c1C(=O)NC1CCOC1=O. The molecule has 2 rings (SSSR count). The maximum absolute atomic E-state index is 12.0. The van der Waals surface area contributed by atoms with E-state index in [1.54, 1.807) is 25.1 Å². The van der Waals surface area contributed by atoms with Crippen LogP contribution < -0.4 is 11.1 Å². The second-order valence-corrected chi connectivity index (χ2v) is 4.02. The third kappa shape index (κ3) is 2.22. The fraction of sp³-hybridized carbons (Fsp3) is 0.333. The quantitative estimate of drug-likeness (QED) is 0.580. The molecule has 5 nitrogen and oxygen atoms in total. The largest absolute Gasteiger partial charge is 0.464 e. The van der Waals surface area contributed by atoms with Crippen LogP contribution in [-0.2, 0) is 9.53 Å². The zero-order valence-corrected chi connectivity index (χ0v) is 9.53. The van der Waals surface area contributed by atoms with Gasteiger partial charge in [0.25, 0.3) is 5.91 Å². The van der Waals surface area contributed by atoms with Gasteiger partial charge >= 0.3 is 5.97 Å². The summed E-state index contributed by atoms with van der Waals surface area (Å²) in [6.45, 7) is 2.16. The number of nitrogen functional groups attached to an aromatic ring is 1. The Labute approximate surface area is 98.9 Å². The van der Waals surface area contributed by atoms with Crippen molar-refractivity contribution in [2.24, 2.45) is 0 Å². The average molecular weight is 234 g/mol. The lowest BCUT2D eigenvalue weighted by Gasteiger charge is -2.12. The van der Waals surface area contributed by atoms with Crippen molar-refractivity contribution in [2.75, 3.05) is 12.3 Å².